The van der Waals surface area contributed by atoms with E-state index in [0.29, 0.717) is 10.1 Å². The number of aromatic nitrogens is 2. The molecule has 4 nitrogen and oxygen atoms in total. The summed E-state index contributed by atoms with van der Waals surface area (Å²) in [5.74, 6) is 0. The van der Waals surface area contributed by atoms with Crippen molar-refractivity contribution in [1.29, 1.82) is 0 Å². The molecule has 1 aromatic heterocycles. The first-order chi connectivity index (χ1) is 6.65. The molecule has 1 aromatic rings. The second kappa shape index (κ2) is 5.14. The topological polar surface area (TPSA) is 54.9 Å². The van der Waals surface area contributed by atoms with Gasteiger partial charge in [0, 0.05) is 12.7 Å². The van der Waals surface area contributed by atoms with E-state index < -0.39 is 0 Å². The molecule has 0 saturated carbocycles. The van der Waals surface area contributed by atoms with Gasteiger partial charge in [0.05, 0.1) is 3.57 Å². The SMILES string of the molecule is C=CCCCn1cc(I)c(=O)[nH]c1=O. The van der Waals surface area contributed by atoms with Crippen molar-refractivity contribution in [2.24, 2.45) is 0 Å². The van der Waals surface area contributed by atoms with Crippen molar-refractivity contribution in [2.45, 2.75) is 19.4 Å². The zero-order valence-electron chi connectivity index (χ0n) is 7.62. The molecule has 76 valence electrons. The van der Waals surface area contributed by atoms with Crippen LogP contribution in [0.3, 0.4) is 0 Å². The molecule has 0 radical (unpaired) electrons. The van der Waals surface area contributed by atoms with Crippen LogP contribution < -0.4 is 11.2 Å². The predicted molar refractivity (Wildman–Crippen MR) is 63.5 cm³/mol. The van der Waals surface area contributed by atoms with Gasteiger partial charge in [0.15, 0.2) is 0 Å². The van der Waals surface area contributed by atoms with Crippen LogP contribution in [-0.4, -0.2) is 9.55 Å². The van der Waals surface area contributed by atoms with Gasteiger partial charge in [-0.05, 0) is 35.4 Å². The maximum atomic E-state index is 11.3. The highest BCUT2D eigenvalue weighted by molar-refractivity contribution is 14.1. The molecule has 0 unspecified atom stereocenters. The number of halogens is 1. The van der Waals surface area contributed by atoms with E-state index in [9.17, 15) is 9.59 Å². The first kappa shape index (κ1) is 11.2. The first-order valence-corrected chi connectivity index (χ1v) is 5.33. The average Bonchev–Trinajstić information content (AvgIpc) is 2.14. The van der Waals surface area contributed by atoms with Crippen LogP contribution in [0.1, 0.15) is 12.8 Å². The highest BCUT2D eigenvalue weighted by atomic mass is 127. The van der Waals surface area contributed by atoms with Gasteiger partial charge in [-0.15, -0.1) is 6.58 Å². The van der Waals surface area contributed by atoms with Crippen LogP contribution in [0.2, 0.25) is 0 Å². The summed E-state index contributed by atoms with van der Waals surface area (Å²) in [7, 11) is 0. The number of allylic oxidation sites excluding steroid dienone is 1. The molecule has 0 aliphatic carbocycles. The lowest BCUT2D eigenvalue weighted by atomic mass is 10.3. The van der Waals surface area contributed by atoms with E-state index in [1.165, 1.54) is 4.57 Å². The summed E-state index contributed by atoms with van der Waals surface area (Å²) >= 11 is 1.90. The highest BCUT2D eigenvalue weighted by Crippen LogP contribution is 1.96. The Morgan fingerprint density at radius 2 is 2.29 bits per heavy atom. The first-order valence-electron chi connectivity index (χ1n) is 4.25. The number of nitrogens with one attached hydrogen (secondary N) is 1. The number of aryl methyl sites for hydroxylation is 1. The molecule has 0 atom stereocenters. The molecule has 0 amide bonds. The minimum atomic E-state index is -0.348. The standard InChI is InChI=1S/C9H11IN2O2/c1-2-3-4-5-12-6-7(10)8(13)11-9(12)14/h2,6H,1,3-5H2,(H,11,13,14). The van der Waals surface area contributed by atoms with E-state index in [-0.39, 0.29) is 11.2 Å². The van der Waals surface area contributed by atoms with E-state index in [0.717, 1.165) is 12.8 Å². The summed E-state index contributed by atoms with van der Waals surface area (Å²) in [6.07, 6.45) is 5.10. The summed E-state index contributed by atoms with van der Waals surface area (Å²) in [4.78, 5) is 24.5. The molecule has 1 rings (SSSR count). The third-order valence-electron chi connectivity index (χ3n) is 1.77. The van der Waals surface area contributed by atoms with Crippen molar-refractivity contribution in [3.05, 3.63) is 43.3 Å². The van der Waals surface area contributed by atoms with Gasteiger partial charge < -0.3 is 0 Å². The summed E-state index contributed by atoms with van der Waals surface area (Å²) < 4.78 is 2.04. The second-order valence-corrected chi connectivity index (χ2v) is 4.02. The Morgan fingerprint density at radius 3 is 2.93 bits per heavy atom. The van der Waals surface area contributed by atoms with E-state index in [2.05, 4.69) is 11.6 Å². The fourth-order valence-electron chi connectivity index (χ4n) is 1.05. The summed E-state index contributed by atoms with van der Waals surface area (Å²) in [5, 5.41) is 0. The maximum Gasteiger partial charge on any atom is 0.328 e. The molecule has 0 aromatic carbocycles. The fraction of sp³-hybridized carbons (Fsp3) is 0.333. The maximum absolute atomic E-state index is 11.3. The van der Waals surface area contributed by atoms with Crippen molar-refractivity contribution in [1.82, 2.24) is 9.55 Å². The lowest BCUT2D eigenvalue weighted by Crippen LogP contribution is -2.30. The van der Waals surface area contributed by atoms with Gasteiger partial charge in [-0.25, -0.2) is 4.79 Å². The molecule has 14 heavy (non-hydrogen) atoms. The Labute approximate surface area is 94.8 Å². The number of H-pyrrole nitrogens is 1. The number of rotatable bonds is 4. The van der Waals surface area contributed by atoms with Crippen molar-refractivity contribution in [3.8, 4) is 0 Å². The van der Waals surface area contributed by atoms with Gasteiger partial charge in [0.1, 0.15) is 0 Å². The smallest absolute Gasteiger partial charge is 0.300 e. The zero-order chi connectivity index (χ0) is 10.6. The molecule has 5 heteroatoms. The second-order valence-electron chi connectivity index (χ2n) is 2.86. The van der Waals surface area contributed by atoms with Gasteiger partial charge in [-0.1, -0.05) is 6.08 Å². The summed E-state index contributed by atoms with van der Waals surface area (Å²) in [6, 6.07) is 0. The number of aromatic amines is 1. The molecular formula is C9H11IN2O2. The molecular weight excluding hydrogens is 295 g/mol. The van der Waals surface area contributed by atoms with Gasteiger partial charge in [0.2, 0.25) is 0 Å². The fourth-order valence-corrected chi connectivity index (χ4v) is 1.53. The summed E-state index contributed by atoms with van der Waals surface area (Å²) in [5.41, 5.74) is -0.671. The molecule has 0 aliphatic heterocycles. The quantitative estimate of drug-likeness (QED) is 0.515. The molecule has 0 fully saturated rings. The van der Waals surface area contributed by atoms with Crippen LogP contribution in [0, 0.1) is 3.57 Å². The molecule has 0 spiro atoms. The lowest BCUT2D eigenvalue weighted by molar-refractivity contribution is 0.608. The lowest BCUT2D eigenvalue weighted by Gasteiger charge is -2.03. The van der Waals surface area contributed by atoms with Gasteiger partial charge in [-0.2, -0.15) is 0 Å². The van der Waals surface area contributed by atoms with Crippen molar-refractivity contribution < 1.29 is 0 Å². The summed E-state index contributed by atoms with van der Waals surface area (Å²) in [6.45, 7) is 4.21. The predicted octanol–water partition coefficient (Wildman–Crippen LogP) is 1.11. The number of hydrogen-bond donors (Lipinski definition) is 1. The van der Waals surface area contributed by atoms with Crippen LogP contribution >= 0.6 is 22.6 Å². The minimum absolute atomic E-state index is 0.324. The average molecular weight is 306 g/mol. The van der Waals surface area contributed by atoms with Crippen LogP contribution in [-0.2, 0) is 6.54 Å². The van der Waals surface area contributed by atoms with Gasteiger partial charge in [0.25, 0.3) is 5.56 Å². The van der Waals surface area contributed by atoms with Crippen molar-refractivity contribution in [2.75, 3.05) is 0 Å². The van der Waals surface area contributed by atoms with Crippen LogP contribution in [0.5, 0.6) is 0 Å². The monoisotopic (exact) mass is 306 g/mol. The van der Waals surface area contributed by atoms with Crippen LogP contribution in [0.4, 0.5) is 0 Å². The Hall–Kier alpha value is -0.850. The van der Waals surface area contributed by atoms with E-state index in [1.807, 2.05) is 28.7 Å². The number of nitrogens with zero attached hydrogens (tertiary/aromatic N) is 1. The molecule has 0 saturated heterocycles. The normalized spacial score (nSPS) is 10.1. The Kier molecular flexibility index (Phi) is 4.12. The Bertz CT molecular complexity index is 433. The largest absolute Gasteiger partial charge is 0.328 e. The third kappa shape index (κ3) is 2.83. The van der Waals surface area contributed by atoms with Gasteiger partial charge in [-0.3, -0.25) is 14.3 Å². The van der Waals surface area contributed by atoms with Gasteiger partial charge >= 0.3 is 5.69 Å². The number of hydrogen-bond acceptors (Lipinski definition) is 2. The van der Waals surface area contributed by atoms with E-state index >= 15 is 0 Å². The van der Waals surface area contributed by atoms with Crippen LogP contribution in [0.25, 0.3) is 0 Å². The molecule has 0 aliphatic rings. The number of unbranched alkanes of at least 4 members (excludes halogenated alkanes) is 1. The third-order valence-corrected chi connectivity index (χ3v) is 2.54. The Morgan fingerprint density at radius 1 is 1.57 bits per heavy atom. The Balaban J connectivity index is 2.87. The van der Waals surface area contributed by atoms with Crippen molar-refractivity contribution >= 4 is 22.6 Å². The highest BCUT2D eigenvalue weighted by Gasteiger charge is 2.00. The van der Waals surface area contributed by atoms with Crippen molar-refractivity contribution in [3.63, 3.8) is 0 Å². The molecule has 0 bridgehead atoms. The minimum Gasteiger partial charge on any atom is -0.300 e. The van der Waals surface area contributed by atoms with E-state index in [4.69, 9.17) is 0 Å². The zero-order valence-corrected chi connectivity index (χ0v) is 9.78. The van der Waals surface area contributed by atoms with E-state index in [1.54, 1.807) is 6.20 Å². The molecule has 1 N–H and O–H groups in total. The molecule has 1 heterocycles. The van der Waals surface area contributed by atoms with Crippen LogP contribution in [0.15, 0.2) is 28.4 Å².